The van der Waals surface area contributed by atoms with Gasteiger partial charge in [-0.15, -0.1) is 0 Å². The summed E-state index contributed by atoms with van der Waals surface area (Å²) in [5.41, 5.74) is 2.29. The number of hydrogen-bond acceptors (Lipinski definition) is 2. The molecule has 0 aliphatic carbocycles. The van der Waals surface area contributed by atoms with E-state index in [4.69, 9.17) is 5.26 Å². The van der Waals surface area contributed by atoms with Crippen molar-refractivity contribution in [3.05, 3.63) is 59.4 Å². The van der Waals surface area contributed by atoms with E-state index in [1.807, 2.05) is 35.0 Å². The molecule has 3 nitrogen and oxygen atoms in total. The van der Waals surface area contributed by atoms with E-state index in [0.29, 0.717) is 17.8 Å². The lowest BCUT2D eigenvalue weighted by Crippen LogP contribution is -2.02. The highest BCUT2D eigenvalue weighted by molar-refractivity contribution is 5.72. The first-order valence-corrected chi connectivity index (χ1v) is 4.93. The van der Waals surface area contributed by atoms with Crippen LogP contribution in [-0.2, 0) is 6.54 Å². The maximum atomic E-state index is 10.7. The number of carbonyl (C=O) groups excluding carboxylic acids is 1. The zero-order valence-electron chi connectivity index (χ0n) is 8.63. The molecule has 0 aliphatic rings. The fourth-order valence-corrected chi connectivity index (χ4v) is 1.61. The van der Waals surface area contributed by atoms with Crippen LogP contribution >= 0.6 is 0 Å². The van der Waals surface area contributed by atoms with Gasteiger partial charge in [-0.25, -0.2) is 0 Å². The molecule has 0 saturated heterocycles. The topological polar surface area (TPSA) is 45.8 Å². The van der Waals surface area contributed by atoms with Crippen molar-refractivity contribution in [1.82, 2.24) is 4.57 Å². The summed E-state index contributed by atoms with van der Waals surface area (Å²) in [6.45, 7) is 0.608. The zero-order chi connectivity index (χ0) is 11.4. The minimum Gasteiger partial charge on any atom is -0.341 e. The number of nitriles is 1. The summed E-state index contributed by atoms with van der Waals surface area (Å²) in [6, 6.07) is 13.1. The van der Waals surface area contributed by atoms with E-state index in [2.05, 4.69) is 6.07 Å². The van der Waals surface area contributed by atoms with Gasteiger partial charge in [-0.05, 0) is 29.8 Å². The Morgan fingerprint density at radius 2 is 2.19 bits per heavy atom. The largest absolute Gasteiger partial charge is 0.341 e. The van der Waals surface area contributed by atoms with Gasteiger partial charge in [0.1, 0.15) is 0 Å². The summed E-state index contributed by atoms with van der Waals surface area (Å²) in [4.78, 5) is 10.7. The Hall–Kier alpha value is -2.34. The smallest absolute Gasteiger partial charge is 0.166 e. The Morgan fingerprint density at radius 1 is 1.31 bits per heavy atom. The summed E-state index contributed by atoms with van der Waals surface area (Å²) in [7, 11) is 0. The second-order valence-electron chi connectivity index (χ2n) is 3.49. The van der Waals surface area contributed by atoms with E-state index in [1.54, 1.807) is 12.1 Å². The number of aldehydes is 1. The summed E-state index contributed by atoms with van der Waals surface area (Å²) in [5.74, 6) is 0. The van der Waals surface area contributed by atoms with E-state index < -0.39 is 0 Å². The van der Waals surface area contributed by atoms with Gasteiger partial charge in [0.25, 0.3) is 0 Å². The molecule has 1 aromatic heterocycles. The van der Waals surface area contributed by atoms with Gasteiger partial charge < -0.3 is 4.57 Å². The number of benzene rings is 1. The van der Waals surface area contributed by atoms with Crippen LogP contribution in [0.5, 0.6) is 0 Å². The molecule has 0 spiro atoms. The quantitative estimate of drug-likeness (QED) is 0.729. The molecule has 0 fully saturated rings. The highest BCUT2D eigenvalue weighted by Crippen LogP contribution is 2.08. The van der Waals surface area contributed by atoms with Crippen LogP contribution in [0.15, 0.2) is 42.6 Å². The summed E-state index contributed by atoms with van der Waals surface area (Å²) in [6.07, 6.45) is 2.68. The van der Waals surface area contributed by atoms with Gasteiger partial charge in [0.2, 0.25) is 0 Å². The van der Waals surface area contributed by atoms with Crippen LogP contribution in [0.3, 0.4) is 0 Å². The molecule has 0 unspecified atom stereocenters. The molecule has 0 bridgehead atoms. The van der Waals surface area contributed by atoms with Crippen molar-refractivity contribution in [2.75, 3.05) is 0 Å². The Labute approximate surface area is 93.6 Å². The third kappa shape index (κ3) is 2.01. The van der Waals surface area contributed by atoms with Gasteiger partial charge in [0, 0.05) is 12.7 Å². The van der Waals surface area contributed by atoms with Crippen LogP contribution in [0, 0.1) is 11.3 Å². The first-order chi connectivity index (χ1) is 7.83. The minimum absolute atomic E-state index is 0.608. The molecule has 2 aromatic rings. The van der Waals surface area contributed by atoms with Crippen LogP contribution in [0.25, 0.3) is 0 Å². The number of rotatable bonds is 3. The second kappa shape index (κ2) is 4.45. The van der Waals surface area contributed by atoms with Crippen molar-refractivity contribution in [1.29, 1.82) is 5.26 Å². The fraction of sp³-hybridized carbons (Fsp3) is 0.0769. The molecule has 0 atom stereocenters. The Morgan fingerprint density at radius 3 is 2.94 bits per heavy atom. The number of nitrogens with zero attached hydrogens (tertiary/aromatic N) is 2. The highest BCUT2D eigenvalue weighted by atomic mass is 16.1. The molecule has 78 valence electrons. The molecule has 0 radical (unpaired) electrons. The molecule has 1 aromatic carbocycles. The van der Waals surface area contributed by atoms with Gasteiger partial charge in [-0.2, -0.15) is 5.26 Å². The van der Waals surface area contributed by atoms with E-state index >= 15 is 0 Å². The molecule has 0 saturated carbocycles. The molecule has 0 N–H and O–H groups in total. The van der Waals surface area contributed by atoms with Gasteiger partial charge in [-0.3, -0.25) is 4.79 Å². The maximum absolute atomic E-state index is 10.7. The monoisotopic (exact) mass is 210 g/mol. The zero-order valence-corrected chi connectivity index (χ0v) is 8.63. The maximum Gasteiger partial charge on any atom is 0.166 e. The van der Waals surface area contributed by atoms with Crippen LogP contribution in [-0.4, -0.2) is 10.9 Å². The van der Waals surface area contributed by atoms with Crippen LogP contribution in [0.1, 0.15) is 21.6 Å². The van der Waals surface area contributed by atoms with Crippen LogP contribution < -0.4 is 0 Å². The Kier molecular flexibility index (Phi) is 2.84. The van der Waals surface area contributed by atoms with Crippen molar-refractivity contribution < 1.29 is 4.79 Å². The SMILES string of the molecule is N#Cc1cccc(Cn2cccc2C=O)c1. The predicted molar refractivity (Wildman–Crippen MR) is 60.1 cm³/mol. The van der Waals surface area contributed by atoms with E-state index in [0.717, 1.165) is 11.8 Å². The summed E-state index contributed by atoms with van der Waals surface area (Å²) >= 11 is 0. The Bertz CT molecular complexity index is 549. The average Bonchev–Trinajstić information content (AvgIpc) is 2.76. The van der Waals surface area contributed by atoms with Crippen molar-refractivity contribution in [2.24, 2.45) is 0 Å². The molecule has 0 amide bonds. The first-order valence-electron chi connectivity index (χ1n) is 4.93. The van der Waals surface area contributed by atoms with E-state index in [-0.39, 0.29) is 0 Å². The van der Waals surface area contributed by atoms with Crippen LogP contribution in [0.2, 0.25) is 0 Å². The average molecular weight is 210 g/mol. The minimum atomic E-state index is 0.608. The van der Waals surface area contributed by atoms with Crippen molar-refractivity contribution in [3.63, 3.8) is 0 Å². The lowest BCUT2D eigenvalue weighted by Gasteiger charge is -2.05. The molecule has 2 rings (SSSR count). The second-order valence-corrected chi connectivity index (χ2v) is 3.49. The standard InChI is InChI=1S/C13H10N2O/c14-8-11-3-1-4-12(7-11)9-15-6-2-5-13(15)10-16/h1-7,10H,9H2. The Balaban J connectivity index is 2.27. The lowest BCUT2D eigenvalue weighted by atomic mass is 10.1. The predicted octanol–water partition coefficient (Wildman–Crippen LogP) is 2.22. The molecule has 1 heterocycles. The molecular weight excluding hydrogens is 200 g/mol. The van der Waals surface area contributed by atoms with Gasteiger partial charge >= 0.3 is 0 Å². The van der Waals surface area contributed by atoms with E-state index in [9.17, 15) is 4.79 Å². The van der Waals surface area contributed by atoms with Gasteiger partial charge in [0.15, 0.2) is 6.29 Å². The number of aromatic nitrogens is 1. The summed E-state index contributed by atoms with van der Waals surface area (Å²) < 4.78 is 1.85. The molecule has 16 heavy (non-hydrogen) atoms. The summed E-state index contributed by atoms with van der Waals surface area (Å²) in [5, 5.41) is 8.78. The molecular formula is C13H10N2O. The van der Waals surface area contributed by atoms with Crippen molar-refractivity contribution in [3.8, 4) is 6.07 Å². The third-order valence-corrected chi connectivity index (χ3v) is 2.39. The number of hydrogen-bond donors (Lipinski definition) is 0. The van der Waals surface area contributed by atoms with Crippen LogP contribution in [0.4, 0.5) is 0 Å². The van der Waals surface area contributed by atoms with Crippen molar-refractivity contribution in [2.45, 2.75) is 6.54 Å². The number of carbonyl (C=O) groups is 1. The van der Waals surface area contributed by atoms with Gasteiger partial charge in [0.05, 0.1) is 17.3 Å². The first kappa shape index (κ1) is 10.2. The highest BCUT2D eigenvalue weighted by Gasteiger charge is 2.01. The lowest BCUT2D eigenvalue weighted by molar-refractivity contribution is 0.111. The molecule has 3 heteroatoms. The normalized spacial score (nSPS) is 9.69. The fourth-order valence-electron chi connectivity index (χ4n) is 1.61. The van der Waals surface area contributed by atoms with E-state index in [1.165, 1.54) is 0 Å². The van der Waals surface area contributed by atoms with Crippen molar-refractivity contribution >= 4 is 6.29 Å². The third-order valence-electron chi connectivity index (χ3n) is 2.39. The molecule has 0 aliphatic heterocycles. The van der Waals surface area contributed by atoms with Gasteiger partial charge in [-0.1, -0.05) is 12.1 Å².